The largest absolute Gasteiger partial charge is 0.457 e. The number of benzene rings is 2. The lowest BCUT2D eigenvalue weighted by Crippen LogP contribution is -2.46. The molecule has 0 radical (unpaired) electrons. The maximum absolute atomic E-state index is 12.9. The number of amides is 3. The van der Waals surface area contributed by atoms with Crippen LogP contribution in [-0.2, 0) is 14.8 Å². The van der Waals surface area contributed by atoms with E-state index in [2.05, 4.69) is 10.6 Å². The summed E-state index contributed by atoms with van der Waals surface area (Å²) in [6, 6.07) is 10.1. The highest BCUT2D eigenvalue weighted by Gasteiger charge is 2.41. The van der Waals surface area contributed by atoms with Gasteiger partial charge in [0.15, 0.2) is 0 Å². The maximum Gasteiger partial charge on any atom is 0.322 e. The summed E-state index contributed by atoms with van der Waals surface area (Å²) in [7, 11) is -3.79. The molecule has 146 valence electrons. The van der Waals surface area contributed by atoms with Crippen LogP contribution in [0.3, 0.4) is 0 Å². The van der Waals surface area contributed by atoms with E-state index in [0.717, 1.165) is 5.56 Å². The highest BCUT2D eigenvalue weighted by atomic mass is 32.2. The van der Waals surface area contributed by atoms with Crippen LogP contribution < -0.4 is 15.4 Å². The van der Waals surface area contributed by atoms with Crippen molar-refractivity contribution in [2.75, 3.05) is 6.54 Å². The first-order valence-electron chi connectivity index (χ1n) is 8.77. The summed E-state index contributed by atoms with van der Waals surface area (Å²) >= 11 is 0. The monoisotopic (exact) mass is 401 g/mol. The molecule has 4 rings (SSSR count). The van der Waals surface area contributed by atoms with E-state index in [1.807, 2.05) is 31.2 Å². The summed E-state index contributed by atoms with van der Waals surface area (Å²) in [6.45, 7) is 3.55. The Kier molecular flexibility index (Phi) is 4.35. The fraction of sp³-hybridized carbons (Fsp3) is 0.263. The van der Waals surface area contributed by atoms with Gasteiger partial charge in [-0.25, -0.2) is 13.2 Å². The molecule has 1 saturated heterocycles. The summed E-state index contributed by atoms with van der Waals surface area (Å²) in [5.41, 5.74) is 1.80. The first kappa shape index (κ1) is 18.5. The second-order valence-corrected chi connectivity index (χ2v) is 8.77. The minimum absolute atomic E-state index is 0.126. The fourth-order valence-corrected chi connectivity index (χ4v) is 5.02. The molecule has 1 fully saturated rings. The number of hydrogen-bond acceptors (Lipinski definition) is 5. The topological polar surface area (TPSA) is 105 Å². The van der Waals surface area contributed by atoms with Crippen molar-refractivity contribution in [1.82, 2.24) is 14.9 Å². The van der Waals surface area contributed by atoms with Gasteiger partial charge in [-0.2, -0.15) is 4.31 Å². The lowest BCUT2D eigenvalue weighted by Gasteiger charge is -2.34. The summed E-state index contributed by atoms with van der Waals surface area (Å²) in [5.74, 6) is 0.641. The molecule has 8 nitrogen and oxygen atoms in total. The van der Waals surface area contributed by atoms with Crippen molar-refractivity contribution in [3.8, 4) is 11.5 Å². The van der Waals surface area contributed by atoms with Crippen molar-refractivity contribution in [3.63, 3.8) is 0 Å². The molecule has 1 unspecified atom stereocenters. The zero-order valence-corrected chi connectivity index (χ0v) is 16.1. The van der Waals surface area contributed by atoms with E-state index in [4.69, 9.17) is 4.74 Å². The van der Waals surface area contributed by atoms with Crippen molar-refractivity contribution in [1.29, 1.82) is 0 Å². The highest BCUT2D eigenvalue weighted by Crippen LogP contribution is 2.41. The Balaban J connectivity index is 1.66. The van der Waals surface area contributed by atoms with Crippen LogP contribution in [0.2, 0.25) is 0 Å². The lowest BCUT2D eigenvalue weighted by molar-refractivity contribution is -0.120. The Hall–Kier alpha value is -2.91. The average molecular weight is 401 g/mol. The number of imide groups is 1. The fourth-order valence-electron chi connectivity index (χ4n) is 3.36. The molecule has 0 saturated carbocycles. The minimum Gasteiger partial charge on any atom is -0.457 e. The molecular weight excluding hydrogens is 382 g/mol. The van der Waals surface area contributed by atoms with Gasteiger partial charge < -0.3 is 10.1 Å². The summed E-state index contributed by atoms with van der Waals surface area (Å²) in [5, 5.41) is 4.56. The van der Waals surface area contributed by atoms with Crippen LogP contribution >= 0.6 is 0 Å². The molecule has 2 bridgehead atoms. The second-order valence-electron chi connectivity index (χ2n) is 6.88. The molecule has 0 spiro atoms. The third-order valence-corrected chi connectivity index (χ3v) is 6.87. The van der Waals surface area contributed by atoms with Crippen LogP contribution in [0.25, 0.3) is 0 Å². The summed E-state index contributed by atoms with van der Waals surface area (Å²) in [6.07, 6.45) is 0. The number of hydrogen-bond donors (Lipinski definition) is 2. The van der Waals surface area contributed by atoms with Crippen molar-refractivity contribution in [2.45, 2.75) is 30.8 Å². The molecule has 0 aromatic heterocycles. The van der Waals surface area contributed by atoms with Crippen molar-refractivity contribution < 1.29 is 22.7 Å². The number of carbonyl (C=O) groups excluding carboxylic acids is 2. The number of urea groups is 1. The van der Waals surface area contributed by atoms with Gasteiger partial charge in [-0.3, -0.25) is 10.1 Å². The summed E-state index contributed by atoms with van der Waals surface area (Å²) in [4.78, 5) is 23.4. The smallest absolute Gasteiger partial charge is 0.322 e. The van der Waals surface area contributed by atoms with Gasteiger partial charge >= 0.3 is 6.03 Å². The number of nitrogens with zero attached hydrogens (tertiary/aromatic N) is 1. The van der Waals surface area contributed by atoms with E-state index in [1.54, 1.807) is 19.1 Å². The van der Waals surface area contributed by atoms with Crippen molar-refractivity contribution in [2.24, 2.45) is 0 Å². The second kappa shape index (κ2) is 6.61. The van der Waals surface area contributed by atoms with Crippen LogP contribution in [0.15, 0.2) is 47.4 Å². The van der Waals surface area contributed by atoms with Crippen LogP contribution in [0.4, 0.5) is 4.79 Å². The number of sulfonamides is 1. The number of carbonyl (C=O) groups is 2. The van der Waals surface area contributed by atoms with E-state index in [0.29, 0.717) is 17.1 Å². The SMILES string of the molecule is Cc1ccc(Oc2ccc3cc2C(C)N(C[C@@H]2NC(=O)NC2=O)S3(=O)=O)cc1. The molecule has 2 aromatic carbocycles. The van der Waals surface area contributed by atoms with Crippen LogP contribution in [0, 0.1) is 6.92 Å². The highest BCUT2D eigenvalue weighted by molar-refractivity contribution is 7.89. The van der Waals surface area contributed by atoms with Gasteiger partial charge in [0, 0.05) is 12.1 Å². The quantitative estimate of drug-likeness (QED) is 0.763. The predicted molar refractivity (Wildman–Crippen MR) is 100 cm³/mol. The molecule has 2 aliphatic heterocycles. The molecular formula is C19H19N3O5S. The first-order chi connectivity index (χ1) is 13.3. The first-order valence-corrected chi connectivity index (χ1v) is 10.2. The normalized spacial score (nSPS) is 23.2. The molecule has 2 atom stereocenters. The number of ether oxygens (including phenoxy) is 1. The Bertz CT molecular complexity index is 1070. The zero-order valence-electron chi connectivity index (χ0n) is 15.3. The van der Waals surface area contributed by atoms with Gasteiger partial charge in [-0.1, -0.05) is 17.7 Å². The van der Waals surface area contributed by atoms with Gasteiger partial charge in [0.05, 0.1) is 10.9 Å². The van der Waals surface area contributed by atoms with E-state index < -0.39 is 34.0 Å². The maximum atomic E-state index is 12.9. The van der Waals surface area contributed by atoms with E-state index in [1.165, 1.54) is 10.4 Å². The van der Waals surface area contributed by atoms with Crippen LogP contribution in [0.5, 0.6) is 11.5 Å². The predicted octanol–water partition coefficient (Wildman–Crippen LogP) is 2.06. The Morgan fingerprint density at radius 2 is 1.82 bits per heavy atom. The van der Waals surface area contributed by atoms with E-state index in [-0.39, 0.29) is 11.4 Å². The minimum atomic E-state index is -3.79. The van der Waals surface area contributed by atoms with E-state index in [9.17, 15) is 18.0 Å². The number of rotatable bonds is 4. The number of nitrogens with one attached hydrogen (secondary N) is 2. The van der Waals surface area contributed by atoms with E-state index >= 15 is 0 Å². The molecule has 2 aromatic rings. The van der Waals surface area contributed by atoms with Crippen LogP contribution in [-0.4, -0.2) is 37.2 Å². The number of aryl methyl sites for hydroxylation is 1. The molecule has 2 N–H and O–H groups in total. The average Bonchev–Trinajstić information content (AvgIpc) is 2.97. The van der Waals surface area contributed by atoms with Gasteiger partial charge in [0.2, 0.25) is 10.0 Å². The van der Waals surface area contributed by atoms with Gasteiger partial charge in [-0.05, 0) is 44.2 Å². The third kappa shape index (κ3) is 3.12. The molecule has 28 heavy (non-hydrogen) atoms. The standard InChI is InChI=1S/C19H19N3O5S/c1-11-3-5-13(6-4-11)27-17-8-7-14-9-15(17)12(2)22(28(14,25)26)10-16-18(23)21-19(24)20-16/h3-9,12,16H,10H2,1-2H3,(H2,20,21,23,24)/t12?,16-/m0/s1. The Morgan fingerprint density at radius 1 is 1.11 bits per heavy atom. The zero-order chi connectivity index (χ0) is 20.1. The third-order valence-electron chi connectivity index (χ3n) is 4.94. The Labute approximate surface area is 162 Å². The molecule has 2 aliphatic rings. The molecule has 3 amide bonds. The Morgan fingerprint density at radius 3 is 2.46 bits per heavy atom. The molecule has 9 heteroatoms. The van der Waals surface area contributed by atoms with Crippen LogP contribution in [0.1, 0.15) is 24.1 Å². The summed E-state index contributed by atoms with van der Waals surface area (Å²) < 4.78 is 33.0. The van der Waals surface area contributed by atoms with Gasteiger partial charge in [0.1, 0.15) is 17.5 Å². The van der Waals surface area contributed by atoms with Crippen molar-refractivity contribution >= 4 is 22.0 Å². The molecule has 0 aliphatic carbocycles. The van der Waals surface area contributed by atoms with Gasteiger partial charge in [-0.15, -0.1) is 0 Å². The van der Waals surface area contributed by atoms with Gasteiger partial charge in [0.25, 0.3) is 5.91 Å². The lowest BCUT2D eigenvalue weighted by atomic mass is 10.1. The number of fused-ring (bicyclic) bond motifs is 2. The van der Waals surface area contributed by atoms with Crippen molar-refractivity contribution in [3.05, 3.63) is 53.6 Å². The molecule has 2 heterocycles.